The van der Waals surface area contributed by atoms with Gasteiger partial charge in [-0.1, -0.05) is 25.1 Å². The Morgan fingerprint density at radius 3 is 2.48 bits per heavy atom. The number of anilines is 3. The minimum absolute atomic E-state index is 0.00287. The summed E-state index contributed by atoms with van der Waals surface area (Å²) in [5.74, 6) is 0.552. The molecule has 2 atom stereocenters. The van der Waals surface area contributed by atoms with Crippen LogP contribution in [0.25, 0.3) is 0 Å². The summed E-state index contributed by atoms with van der Waals surface area (Å²) < 4.78 is 11.7. The Kier molecular flexibility index (Phi) is 9.48. The maximum absolute atomic E-state index is 12.8. The highest BCUT2D eigenvalue weighted by Crippen LogP contribution is 2.33. The molecule has 3 aliphatic rings. The maximum atomic E-state index is 12.8. The van der Waals surface area contributed by atoms with Crippen molar-refractivity contribution in [2.45, 2.75) is 50.8 Å². The number of nitrogens with one attached hydrogen (secondary N) is 1. The van der Waals surface area contributed by atoms with E-state index >= 15 is 0 Å². The molecule has 218 valence electrons. The summed E-state index contributed by atoms with van der Waals surface area (Å²) in [6.45, 7) is 9.11. The molecule has 3 N–H and O–H groups in total. The van der Waals surface area contributed by atoms with Crippen molar-refractivity contribution in [3.05, 3.63) is 41.7 Å². The van der Waals surface area contributed by atoms with Crippen LogP contribution in [-0.2, 0) is 15.9 Å². The third-order valence-electron chi connectivity index (χ3n) is 8.38. The summed E-state index contributed by atoms with van der Waals surface area (Å²) in [7, 11) is 3.97. The number of carbonyl (C=O) groups excluding carboxylic acids is 1. The number of nitrogens with two attached hydrogens (primary N) is 1. The molecule has 5 rings (SSSR count). The van der Waals surface area contributed by atoms with Crippen LogP contribution in [0.5, 0.6) is 0 Å². The van der Waals surface area contributed by atoms with Crippen molar-refractivity contribution in [1.29, 1.82) is 0 Å². The van der Waals surface area contributed by atoms with Gasteiger partial charge in [0.2, 0.25) is 0 Å². The second-order valence-electron chi connectivity index (χ2n) is 11.0. The van der Waals surface area contributed by atoms with Gasteiger partial charge in [0.15, 0.2) is 17.3 Å². The molecule has 0 spiro atoms. The second-order valence-corrected chi connectivity index (χ2v) is 11.0. The number of nitrogens with zero attached hydrogens (tertiary/aromatic N) is 6. The number of carbonyl (C=O) groups is 1. The Morgan fingerprint density at radius 1 is 1.10 bits per heavy atom. The van der Waals surface area contributed by atoms with E-state index in [9.17, 15) is 4.79 Å². The first-order chi connectivity index (χ1) is 19.5. The summed E-state index contributed by atoms with van der Waals surface area (Å²) in [5, 5.41) is 7.86. The fraction of sp³-hybridized carbons (Fsp3) is 0.621. The number of rotatable bonds is 9. The lowest BCUT2D eigenvalue weighted by Crippen LogP contribution is -2.61. The standard InChI is InChI=1S/C29H44N8O3/c1-4-23-28(31-21-11-18-40-19-12-21)33-29(26(32-23)27(30)38)37(22-8-6-5-7-9-22)36-13-10-24(25(20-36)39-3)35-16-14-34(2)15-17-35/h5-9,21,24-25H,4,10-20H2,1-3H3,(H2,30,38)(H,31,33). The number of piperidine rings is 1. The van der Waals surface area contributed by atoms with Crippen LogP contribution in [0, 0.1) is 0 Å². The predicted octanol–water partition coefficient (Wildman–Crippen LogP) is 2.12. The average Bonchev–Trinajstić information content (AvgIpc) is 2.99. The number of primary amides is 1. The van der Waals surface area contributed by atoms with Crippen molar-refractivity contribution in [3.63, 3.8) is 0 Å². The van der Waals surface area contributed by atoms with Gasteiger partial charge in [0.05, 0.1) is 17.5 Å². The summed E-state index contributed by atoms with van der Waals surface area (Å²) in [6.07, 6.45) is 3.37. The molecule has 11 nitrogen and oxygen atoms in total. The van der Waals surface area contributed by atoms with Crippen LogP contribution >= 0.6 is 0 Å². The quantitative estimate of drug-likeness (QED) is 0.480. The Balaban J connectivity index is 1.50. The van der Waals surface area contributed by atoms with Crippen LogP contribution in [0.2, 0.25) is 0 Å². The highest BCUT2D eigenvalue weighted by molar-refractivity contribution is 5.96. The molecule has 11 heteroatoms. The van der Waals surface area contributed by atoms with E-state index in [2.05, 4.69) is 27.2 Å². The Hall–Kier alpha value is -2.83. The number of methoxy groups -OCH3 is 1. The molecule has 4 heterocycles. The third kappa shape index (κ3) is 6.39. The summed E-state index contributed by atoms with van der Waals surface area (Å²) in [6, 6.07) is 10.6. The number of benzene rings is 1. The van der Waals surface area contributed by atoms with Crippen molar-refractivity contribution in [3.8, 4) is 0 Å². The number of likely N-dealkylation sites (N-methyl/N-ethyl adjacent to an activating group) is 1. The number of aromatic nitrogens is 2. The summed E-state index contributed by atoms with van der Waals surface area (Å²) in [4.78, 5) is 27.6. The highest BCUT2D eigenvalue weighted by Gasteiger charge is 2.38. The van der Waals surface area contributed by atoms with Gasteiger partial charge in [-0.05, 0) is 44.9 Å². The molecule has 1 aromatic heterocycles. The zero-order valence-corrected chi connectivity index (χ0v) is 24.1. The molecule has 40 heavy (non-hydrogen) atoms. The maximum Gasteiger partial charge on any atom is 0.271 e. The molecule has 1 aromatic carbocycles. The van der Waals surface area contributed by atoms with Crippen LogP contribution in [0.3, 0.4) is 0 Å². The Labute approximate surface area is 237 Å². The van der Waals surface area contributed by atoms with E-state index in [0.717, 1.165) is 76.6 Å². The first kappa shape index (κ1) is 28.7. The zero-order chi connectivity index (χ0) is 28.1. The molecule has 3 saturated heterocycles. The fourth-order valence-corrected chi connectivity index (χ4v) is 6.03. The van der Waals surface area contributed by atoms with Crippen LogP contribution < -0.4 is 16.1 Å². The van der Waals surface area contributed by atoms with E-state index in [1.54, 1.807) is 7.11 Å². The SMILES string of the molecule is CCc1nc(C(N)=O)c(N(c2ccccc2)N2CCC(N3CCN(C)CC3)C(OC)C2)nc1NC1CCOCC1. The summed E-state index contributed by atoms with van der Waals surface area (Å²) in [5.41, 5.74) is 7.75. The van der Waals surface area contributed by atoms with Crippen molar-refractivity contribution >= 4 is 23.2 Å². The number of para-hydroxylation sites is 1. The predicted molar refractivity (Wildman–Crippen MR) is 156 cm³/mol. The smallest absolute Gasteiger partial charge is 0.271 e. The van der Waals surface area contributed by atoms with Gasteiger partial charge in [0, 0.05) is 71.7 Å². The average molecular weight is 553 g/mol. The van der Waals surface area contributed by atoms with E-state index in [4.69, 9.17) is 25.2 Å². The number of ether oxygens (including phenoxy) is 2. The largest absolute Gasteiger partial charge is 0.381 e. The van der Waals surface area contributed by atoms with Gasteiger partial charge < -0.3 is 25.4 Å². The van der Waals surface area contributed by atoms with Gasteiger partial charge in [-0.3, -0.25) is 14.7 Å². The molecular formula is C29H44N8O3. The van der Waals surface area contributed by atoms with Crippen LogP contribution in [-0.4, -0.2) is 116 Å². The first-order valence-electron chi connectivity index (χ1n) is 14.6. The molecule has 3 aliphatic heterocycles. The van der Waals surface area contributed by atoms with Crippen molar-refractivity contribution in [2.24, 2.45) is 5.73 Å². The molecule has 2 aromatic rings. The molecule has 0 bridgehead atoms. The summed E-state index contributed by atoms with van der Waals surface area (Å²) >= 11 is 0. The normalized spacial score (nSPS) is 23.7. The first-order valence-corrected chi connectivity index (χ1v) is 14.6. The monoisotopic (exact) mass is 552 g/mol. The van der Waals surface area contributed by atoms with E-state index in [1.807, 2.05) is 42.3 Å². The lowest BCUT2D eigenvalue weighted by Gasteiger charge is -2.48. The van der Waals surface area contributed by atoms with E-state index in [0.29, 0.717) is 30.6 Å². The number of hydrogen-bond donors (Lipinski definition) is 2. The number of hydrogen-bond acceptors (Lipinski definition) is 10. The number of aryl methyl sites for hydroxylation is 1. The van der Waals surface area contributed by atoms with Crippen LogP contribution in [0.4, 0.5) is 17.3 Å². The van der Waals surface area contributed by atoms with Crippen LogP contribution in [0.1, 0.15) is 42.4 Å². The molecular weight excluding hydrogens is 508 g/mol. The van der Waals surface area contributed by atoms with E-state index < -0.39 is 5.91 Å². The second kappa shape index (κ2) is 13.2. The zero-order valence-electron chi connectivity index (χ0n) is 24.1. The van der Waals surface area contributed by atoms with Gasteiger partial charge in [-0.25, -0.2) is 15.0 Å². The van der Waals surface area contributed by atoms with Crippen LogP contribution in [0.15, 0.2) is 30.3 Å². The lowest BCUT2D eigenvalue weighted by atomic mass is 9.99. The minimum Gasteiger partial charge on any atom is -0.381 e. The molecule has 1 amide bonds. The Morgan fingerprint density at radius 2 is 1.82 bits per heavy atom. The molecule has 3 fully saturated rings. The van der Waals surface area contributed by atoms with Gasteiger partial charge in [-0.15, -0.1) is 0 Å². The van der Waals surface area contributed by atoms with Gasteiger partial charge in [0.25, 0.3) is 5.91 Å². The molecule has 0 radical (unpaired) electrons. The lowest BCUT2D eigenvalue weighted by molar-refractivity contribution is -0.0483. The number of piperazine rings is 1. The molecule has 0 aliphatic carbocycles. The third-order valence-corrected chi connectivity index (χ3v) is 8.38. The Bertz CT molecular complexity index is 1120. The number of amides is 1. The van der Waals surface area contributed by atoms with Gasteiger partial charge in [0.1, 0.15) is 0 Å². The van der Waals surface area contributed by atoms with Crippen molar-refractivity contribution in [2.75, 3.05) is 77.0 Å². The van der Waals surface area contributed by atoms with Gasteiger partial charge >= 0.3 is 0 Å². The highest BCUT2D eigenvalue weighted by atomic mass is 16.5. The molecule has 0 saturated carbocycles. The van der Waals surface area contributed by atoms with E-state index in [1.165, 1.54) is 0 Å². The number of hydrazine groups is 1. The van der Waals surface area contributed by atoms with Crippen molar-refractivity contribution < 1.29 is 14.3 Å². The van der Waals surface area contributed by atoms with Gasteiger partial charge in [-0.2, -0.15) is 0 Å². The molecule has 2 unspecified atom stereocenters. The van der Waals surface area contributed by atoms with Crippen molar-refractivity contribution in [1.82, 2.24) is 24.8 Å². The topological polar surface area (TPSA) is 112 Å². The fourth-order valence-electron chi connectivity index (χ4n) is 6.03. The minimum atomic E-state index is -0.591. The van der Waals surface area contributed by atoms with E-state index in [-0.39, 0.29) is 17.8 Å².